The highest BCUT2D eigenvalue weighted by atomic mass is 32.2. The molecule has 24 heavy (non-hydrogen) atoms. The van der Waals surface area contributed by atoms with Crippen molar-refractivity contribution in [1.29, 1.82) is 0 Å². The summed E-state index contributed by atoms with van der Waals surface area (Å²) in [6.45, 7) is 4.19. The molecular formula is C16H23N5O2S. The molecule has 0 radical (unpaired) electrons. The molecule has 0 aliphatic heterocycles. The van der Waals surface area contributed by atoms with E-state index in [1.54, 1.807) is 28.9 Å². The van der Waals surface area contributed by atoms with E-state index in [9.17, 15) is 9.90 Å². The van der Waals surface area contributed by atoms with Gasteiger partial charge in [0.25, 0.3) is 0 Å². The fourth-order valence-corrected chi connectivity index (χ4v) is 2.95. The number of tetrazole rings is 1. The molecule has 0 fully saturated rings. The molecule has 1 amide bonds. The first-order chi connectivity index (χ1) is 11.6. The van der Waals surface area contributed by atoms with Gasteiger partial charge in [0.15, 0.2) is 0 Å². The number of hydrogen-bond donors (Lipinski definition) is 2. The van der Waals surface area contributed by atoms with Crippen molar-refractivity contribution < 1.29 is 9.90 Å². The Labute approximate surface area is 145 Å². The van der Waals surface area contributed by atoms with E-state index in [1.807, 2.05) is 6.92 Å². The molecule has 1 atom stereocenters. The minimum Gasteiger partial charge on any atom is -0.508 e. The molecule has 0 aliphatic carbocycles. The van der Waals surface area contributed by atoms with Crippen LogP contribution in [0.1, 0.15) is 39.5 Å². The fraction of sp³-hybridized carbons (Fsp3) is 0.500. The van der Waals surface area contributed by atoms with Gasteiger partial charge in [0.05, 0.1) is 11.4 Å². The lowest BCUT2D eigenvalue weighted by Crippen LogP contribution is -2.33. The Hall–Kier alpha value is -2.09. The summed E-state index contributed by atoms with van der Waals surface area (Å²) >= 11 is 1.28. The number of thioether (sulfide) groups is 1. The van der Waals surface area contributed by atoms with Gasteiger partial charge in [-0.3, -0.25) is 4.79 Å². The van der Waals surface area contributed by atoms with Gasteiger partial charge in [-0.05, 0) is 48.0 Å². The predicted molar refractivity (Wildman–Crippen MR) is 93.3 cm³/mol. The molecule has 0 spiro atoms. The van der Waals surface area contributed by atoms with E-state index in [1.165, 1.54) is 24.6 Å². The molecule has 7 nitrogen and oxygen atoms in total. The lowest BCUT2D eigenvalue weighted by Gasteiger charge is -2.13. The first-order valence-corrected chi connectivity index (χ1v) is 9.08. The number of carbonyl (C=O) groups is 1. The van der Waals surface area contributed by atoms with Crippen LogP contribution in [-0.4, -0.2) is 43.0 Å². The summed E-state index contributed by atoms with van der Waals surface area (Å²) in [7, 11) is 0. The second kappa shape index (κ2) is 9.27. The zero-order valence-electron chi connectivity index (χ0n) is 14.0. The SMILES string of the molecule is CCCCC[C@H](C)NC(=O)CSc1nnnn1-c1ccc(O)cc1. The van der Waals surface area contributed by atoms with Crippen LogP contribution in [0.2, 0.25) is 0 Å². The molecule has 2 rings (SSSR count). The topological polar surface area (TPSA) is 92.9 Å². The van der Waals surface area contributed by atoms with Crippen molar-refractivity contribution in [2.24, 2.45) is 0 Å². The lowest BCUT2D eigenvalue weighted by molar-refractivity contribution is -0.119. The van der Waals surface area contributed by atoms with Crippen LogP contribution in [0.15, 0.2) is 29.4 Å². The van der Waals surface area contributed by atoms with E-state index in [0.717, 1.165) is 18.5 Å². The summed E-state index contributed by atoms with van der Waals surface area (Å²) in [4.78, 5) is 12.0. The van der Waals surface area contributed by atoms with Crippen molar-refractivity contribution >= 4 is 17.7 Å². The molecule has 8 heteroatoms. The average Bonchev–Trinajstić information content (AvgIpc) is 3.02. The van der Waals surface area contributed by atoms with Crippen molar-refractivity contribution in [3.63, 3.8) is 0 Å². The molecule has 1 heterocycles. The van der Waals surface area contributed by atoms with Crippen LogP contribution in [0.4, 0.5) is 0 Å². The zero-order chi connectivity index (χ0) is 17.4. The first-order valence-electron chi connectivity index (χ1n) is 8.10. The van der Waals surface area contributed by atoms with Crippen LogP contribution < -0.4 is 5.32 Å². The van der Waals surface area contributed by atoms with Gasteiger partial charge in [-0.1, -0.05) is 37.9 Å². The zero-order valence-corrected chi connectivity index (χ0v) is 14.8. The Kier molecular flexibility index (Phi) is 7.05. The third kappa shape index (κ3) is 5.52. The number of phenols is 1. The molecule has 2 aromatic rings. The van der Waals surface area contributed by atoms with Gasteiger partial charge >= 0.3 is 0 Å². The molecule has 1 aromatic heterocycles. The van der Waals surface area contributed by atoms with Crippen LogP contribution in [0, 0.1) is 0 Å². The number of benzene rings is 1. The molecule has 2 N–H and O–H groups in total. The Bertz CT molecular complexity index is 644. The number of aromatic nitrogens is 4. The number of amides is 1. The summed E-state index contributed by atoms with van der Waals surface area (Å²) in [6.07, 6.45) is 4.49. The maximum absolute atomic E-state index is 12.0. The summed E-state index contributed by atoms with van der Waals surface area (Å²) in [6, 6.07) is 6.74. The van der Waals surface area contributed by atoms with Crippen molar-refractivity contribution in [1.82, 2.24) is 25.5 Å². The number of nitrogens with one attached hydrogen (secondary N) is 1. The van der Waals surface area contributed by atoms with Crippen LogP contribution in [0.25, 0.3) is 5.69 Å². The molecule has 0 saturated carbocycles. The van der Waals surface area contributed by atoms with Crippen molar-refractivity contribution in [3.8, 4) is 11.4 Å². The van der Waals surface area contributed by atoms with E-state index >= 15 is 0 Å². The van der Waals surface area contributed by atoms with Crippen LogP contribution in [0.3, 0.4) is 0 Å². The van der Waals surface area contributed by atoms with Crippen LogP contribution in [0.5, 0.6) is 5.75 Å². The van der Waals surface area contributed by atoms with Gasteiger partial charge in [-0.25, -0.2) is 0 Å². The van der Waals surface area contributed by atoms with Gasteiger partial charge in [0.2, 0.25) is 11.1 Å². The predicted octanol–water partition coefficient (Wildman–Crippen LogP) is 2.55. The third-order valence-corrected chi connectivity index (χ3v) is 4.43. The highest BCUT2D eigenvalue weighted by molar-refractivity contribution is 7.99. The van der Waals surface area contributed by atoms with Gasteiger partial charge in [0.1, 0.15) is 5.75 Å². The number of nitrogens with zero attached hydrogens (tertiary/aromatic N) is 4. The highest BCUT2D eigenvalue weighted by Gasteiger charge is 2.13. The third-order valence-electron chi connectivity index (χ3n) is 3.52. The van der Waals surface area contributed by atoms with Gasteiger partial charge in [-0.2, -0.15) is 4.68 Å². The monoisotopic (exact) mass is 349 g/mol. The minimum absolute atomic E-state index is 0.0238. The fourth-order valence-electron chi connectivity index (χ4n) is 2.24. The maximum atomic E-state index is 12.0. The Balaban J connectivity index is 1.85. The van der Waals surface area contributed by atoms with Gasteiger partial charge in [0, 0.05) is 6.04 Å². The first kappa shape index (κ1) is 18.3. The quantitative estimate of drug-likeness (QED) is 0.534. The number of unbranched alkanes of at least 4 members (excludes halogenated alkanes) is 2. The molecule has 0 aliphatic rings. The minimum atomic E-state index is -0.0238. The van der Waals surface area contributed by atoms with E-state index in [0.29, 0.717) is 5.16 Å². The number of hydrogen-bond acceptors (Lipinski definition) is 6. The Morgan fingerprint density at radius 2 is 2.08 bits per heavy atom. The smallest absolute Gasteiger partial charge is 0.230 e. The summed E-state index contributed by atoms with van der Waals surface area (Å²) in [5, 5.41) is 24.4. The van der Waals surface area contributed by atoms with Crippen LogP contribution >= 0.6 is 11.8 Å². The van der Waals surface area contributed by atoms with Crippen molar-refractivity contribution in [2.75, 3.05) is 5.75 Å². The number of carbonyl (C=O) groups excluding carboxylic acids is 1. The Morgan fingerprint density at radius 3 is 2.79 bits per heavy atom. The second-order valence-corrected chi connectivity index (χ2v) is 6.59. The largest absolute Gasteiger partial charge is 0.508 e. The summed E-state index contributed by atoms with van der Waals surface area (Å²) in [5.74, 6) is 0.415. The average molecular weight is 349 g/mol. The number of phenolic OH excluding ortho intramolecular Hbond substituents is 1. The standard InChI is InChI=1S/C16H23N5O2S/c1-3-4-5-6-12(2)17-15(23)11-24-16-18-19-20-21(16)13-7-9-14(22)10-8-13/h7-10,12,22H,3-6,11H2,1-2H3,(H,17,23)/t12-/m0/s1. The molecule has 130 valence electrons. The summed E-state index contributed by atoms with van der Waals surface area (Å²) < 4.78 is 1.54. The van der Waals surface area contributed by atoms with Gasteiger partial charge < -0.3 is 10.4 Å². The van der Waals surface area contributed by atoms with Gasteiger partial charge in [-0.15, -0.1) is 5.10 Å². The molecular weight excluding hydrogens is 326 g/mol. The lowest BCUT2D eigenvalue weighted by atomic mass is 10.1. The van der Waals surface area contributed by atoms with E-state index in [2.05, 4.69) is 27.8 Å². The number of rotatable bonds is 9. The maximum Gasteiger partial charge on any atom is 0.230 e. The van der Waals surface area contributed by atoms with E-state index in [4.69, 9.17) is 0 Å². The highest BCUT2D eigenvalue weighted by Crippen LogP contribution is 2.19. The molecule has 0 bridgehead atoms. The van der Waals surface area contributed by atoms with Crippen molar-refractivity contribution in [3.05, 3.63) is 24.3 Å². The molecule has 0 saturated heterocycles. The van der Waals surface area contributed by atoms with Crippen molar-refractivity contribution in [2.45, 2.75) is 50.7 Å². The normalized spacial score (nSPS) is 12.1. The second-order valence-electron chi connectivity index (χ2n) is 5.64. The molecule has 0 unspecified atom stereocenters. The van der Waals surface area contributed by atoms with E-state index < -0.39 is 0 Å². The number of aromatic hydroxyl groups is 1. The Morgan fingerprint density at radius 1 is 1.33 bits per heavy atom. The van der Waals surface area contributed by atoms with E-state index in [-0.39, 0.29) is 23.5 Å². The summed E-state index contributed by atoms with van der Waals surface area (Å²) in [5.41, 5.74) is 0.730. The van der Waals surface area contributed by atoms with Crippen LogP contribution in [-0.2, 0) is 4.79 Å². The molecule has 1 aromatic carbocycles.